The molecular formula is C12H13BrN4S. The summed E-state index contributed by atoms with van der Waals surface area (Å²) in [5.74, 6) is 0. The molecule has 18 heavy (non-hydrogen) atoms. The third-order valence-electron chi connectivity index (χ3n) is 2.48. The van der Waals surface area contributed by atoms with Crippen LogP contribution in [0.3, 0.4) is 0 Å². The van der Waals surface area contributed by atoms with Gasteiger partial charge in [-0.2, -0.15) is 5.10 Å². The number of hydrogen-bond acceptors (Lipinski definition) is 3. The molecule has 0 bridgehead atoms. The first kappa shape index (κ1) is 13.0. The molecule has 1 aromatic heterocycles. The molecular weight excluding hydrogens is 312 g/mol. The summed E-state index contributed by atoms with van der Waals surface area (Å²) in [7, 11) is 0. The maximum Gasteiger partial charge on any atom is 0.106 e. The lowest BCUT2D eigenvalue weighted by Gasteiger charge is -2.10. The van der Waals surface area contributed by atoms with Crippen LogP contribution in [0.15, 0.2) is 35.1 Å². The standard InChI is InChI=1S/C12H13BrN4S/c1-2-17-7-9(6-15-17)16-11-5-8(13)3-4-10(11)12(14)18/h3-7,16H,2H2,1H3,(H2,14,18). The second kappa shape index (κ2) is 5.49. The van der Waals surface area contributed by atoms with Crippen molar-refractivity contribution < 1.29 is 0 Å². The molecule has 94 valence electrons. The summed E-state index contributed by atoms with van der Waals surface area (Å²) in [5, 5.41) is 7.47. The van der Waals surface area contributed by atoms with Crippen molar-refractivity contribution in [2.24, 2.45) is 5.73 Å². The molecule has 0 aliphatic carbocycles. The molecule has 0 amide bonds. The molecule has 0 saturated carbocycles. The van der Waals surface area contributed by atoms with Gasteiger partial charge in [0.15, 0.2) is 0 Å². The zero-order chi connectivity index (χ0) is 13.1. The van der Waals surface area contributed by atoms with Gasteiger partial charge >= 0.3 is 0 Å². The lowest BCUT2D eigenvalue weighted by molar-refractivity contribution is 0.660. The minimum Gasteiger partial charge on any atom is -0.389 e. The number of aryl methyl sites for hydroxylation is 1. The molecule has 0 fully saturated rings. The van der Waals surface area contributed by atoms with Gasteiger partial charge in [0.25, 0.3) is 0 Å². The van der Waals surface area contributed by atoms with Crippen LogP contribution in [0.25, 0.3) is 0 Å². The van der Waals surface area contributed by atoms with Gasteiger partial charge < -0.3 is 11.1 Å². The van der Waals surface area contributed by atoms with Gasteiger partial charge in [0, 0.05) is 28.5 Å². The van der Waals surface area contributed by atoms with E-state index in [4.69, 9.17) is 18.0 Å². The van der Waals surface area contributed by atoms with E-state index in [2.05, 4.69) is 26.3 Å². The number of rotatable bonds is 4. The van der Waals surface area contributed by atoms with Crippen molar-refractivity contribution in [1.29, 1.82) is 0 Å². The largest absolute Gasteiger partial charge is 0.389 e. The van der Waals surface area contributed by atoms with E-state index in [0.717, 1.165) is 28.0 Å². The number of nitrogens with zero attached hydrogens (tertiary/aromatic N) is 2. The van der Waals surface area contributed by atoms with Crippen LogP contribution in [0.4, 0.5) is 11.4 Å². The predicted octanol–water partition coefficient (Wildman–Crippen LogP) is 3.04. The average molecular weight is 325 g/mol. The molecule has 6 heteroatoms. The number of aromatic nitrogens is 2. The van der Waals surface area contributed by atoms with Crippen LogP contribution in [-0.4, -0.2) is 14.8 Å². The van der Waals surface area contributed by atoms with E-state index in [9.17, 15) is 0 Å². The molecule has 0 radical (unpaired) electrons. The number of thiocarbonyl (C=S) groups is 1. The van der Waals surface area contributed by atoms with E-state index in [0.29, 0.717) is 4.99 Å². The summed E-state index contributed by atoms with van der Waals surface area (Å²) >= 11 is 8.47. The van der Waals surface area contributed by atoms with Gasteiger partial charge in [0.05, 0.1) is 11.9 Å². The topological polar surface area (TPSA) is 55.9 Å². The molecule has 0 spiro atoms. The molecule has 2 aromatic rings. The van der Waals surface area contributed by atoms with E-state index in [-0.39, 0.29) is 0 Å². The second-order valence-corrected chi connectivity index (χ2v) is 5.12. The molecule has 1 aromatic carbocycles. The zero-order valence-electron chi connectivity index (χ0n) is 9.85. The predicted molar refractivity (Wildman–Crippen MR) is 81.2 cm³/mol. The van der Waals surface area contributed by atoms with Crippen LogP contribution in [0, 0.1) is 0 Å². The molecule has 3 N–H and O–H groups in total. The van der Waals surface area contributed by atoms with E-state index < -0.39 is 0 Å². The quantitative estimate of drug-likeness (QED) is 0.849. The van der Waals surface area contributed by atoms with Gasteiger partial charge in [-0.3, -0.25) is 4.68 Å². The fourth-order valence-electron chi connectivity index (χ4n) is 1.59. The van der Waals surface area contributed by atoms with Gasteiger partial charge in [0.2, 0.25) is 0 Å². The van der Waals surface area contributed by atoms with Gasteiger partial charge in [0.1, 0.15) is 4.99 Å². The highest BCUT2D eigenvalue weighted by Gasteiger charge is 2.07. The lowest BCUT2D eigenvalue weighted by atomic mass is 10.2. The first-order valence-electron chi connectivity index (χ1n) is 5.49. The molecule has 0 aliphatic heterocycles. The highest BCUT2D eigenvalue weighted by molar-refractivity contribution is 9.10. The summed E-state index contributed by atoms with van der Waals surface area (Å²) in [6.45, 7) is 2.87. The number of benzene rings is 1. The van der Waals surface area contributed by atoms with Crippen molar-refractivity contribution in [3.8, 4) is 0 Å². The summed E-state index contributed by atoms with van der Waals surface area (Å²) in [5.41, 5.74) is 8.30. The highest BCUT2D eigenvalue weighted by atomic mass is 79.9. The summed E-state index contributed by atoms with van der Waals surface area (Å²) < 4.78 is 2.81. The third kappa shape index (κ3) is 2.88. The van der Waals surface area contributed by atoms with Crippen molar-refractivity contribution in [3.63, 3.8) is 0 Å². The lowest BCUT2D eigenvalue weighted by Crippen LogP contribution is -2.11. The van der Waals surface area contributed by atoms with Crippen LogP contribution in [-0.2, 0) is 6.54 Å². The number of halogens is 1. The van der Waals surface area contributed by atoms with Crippen molar-refractivity contribution in [2.45, 2.75) is 13.5 Å². The maximum absolute atomic E-state index is 5.70. The molecule has 0 unspecified atom stereocenters. The number of nitrogens with two attached hydrogens (primary N) is 1. The van der Waals surface area contributed by atoms with Crippen LogP contribution in [0.2, 0.25) is 0 Å². The Kier molecular flexibility index (Phi) is 3.98. The van der Waals surface area contributed by atoms with Crippen LogP contribution in [0.5, 0.6) is 0 Å². The Hall–Kier alpha value is -1.40. The van der Waals surface area contributed by atoms with Crippen LogP contribution < -0.4 is 11.1 Å². The van der Waals surface area contributed by atoms with E-state index in [1.807, 2.05) is 36.0 Å². The Bertz CT molecular complexity index is 579. The minimum absolute atomic E-state index is 0.368. The smallest absolute Gasteiger partial charge is 0.106 e. The maximum atomic E-state index is 5.70. The Morgan fingerprint density at radius 1 is 1.56 bits per heavy atom. The minimum atomic E-state index is 0.368. The van der Waals surface area contributed by atoms with E-state index >= 15 is 0 Å². The molecule has 0 atom stereocenters. The van der Waals surface area contributed by atoms with Crippen molar-refractivity contribution in [1.82, 2.24) is 9.78 Å². The fourth-order valence-corrected chi connectivity index (χ4v) is 2.13. The molecule has 2 rings (SSSR count). The van der Waals surface area contributed by atoms with Gasteiger partial charge in [-0.05, 0) is 25.1 Å². The first-order chi connectivity index (χ1) is 8.60. The second-order valence-electron chi connectivity index (χ2n) is 3.76. The van der Waals surface area contributed by atoms with Crippen molar-refractivity contribution in [3.05, 3.63) is 40.6 Å². The van der Waals surface area contributed by atoms with Crippen molar-refractivity contribution >= 4 is 44.5 Å². The van der Waals surface area contributed by atoms with Crippen LogP contribution >= 0.6 is 28.1 Å². The Morgan fingerprint density at radius 3 is 2.94 bits per heavy atom. The van der Waals surface area contributed by atoms with Crippen LogP contribution in [0.1, 0.15) is 12.5 Å². The Labute approximate surface area is 119 Å². The monoisotopic (exact) mass is 324 g/mol. The molecule has 0 saturated heterocycles. The average Bonchev–Trinajstić information content (AvgIpc) is 2.76. The third-order valence-corrected chi connectivity index (χ3v) is 3.20. The number of nitrogens with one attached hydrogen (secondary N) is 1. The Balaban J connectivity index is 2.32. The molecule has 0 aliphatic rings. The summed E-state index contributed by atoms with van der Waals surface area (Å²) in [6, 6.07) is 5.74. The number of hydrogen-bond donors (Lipinski definition) is 2. The van der Waals surface area contributed by atoms with Gasteiger partial charge in [-0.15, -0.1) is 0 Å². The molecule has 4 nitrogen and oxygen atoms in total. The Morgan fingerprint density at radius 2 is 2.33 bits per heavy atom. The zero-order valence-corrected chi connectivity index (χ0v) is 12.3. The highest BCUT2D eigenvalue weighted by Crippen LogP contribution is 2.24. The normalized spacial score (nSPS) is 10.3. The van der Waals surface area contributed by atoms with Crippen molar-refractivity contribution in [2.75, 3.05) is 5.32 Å². The summed E-state index contributed by atoms with van der Waals surface area (Å²) in [4.78, 5) is 0.368. The van der Waals surface area contributed by atoms with Gasteiger partial charge in [-0.1, -0.05) is 28.1 Å². The fraction of sp³-hybridized carbons (Fsp3) is 0.167. The molecule has 1 heterocycles. The summed E-state index contributed by atoms with van der Waals surface area (Å²) in [6.07, 6.45) is 3.71. The van der Waals surface area contributed by atoms with E-state index in [1.54, 1.807) is 6.20 Å². The first-order valence-corrected chi connectivity index (χ1v) is 6.69. The van der Waals surface area contributed by atoms with Gasteiger partial charge in [-0.25, -0.2) is 0 Å². The number of anilines is 2. The van der Waals surface area contributed by atoms with E-state index in [1.165, 1.54) is 0 Å². The SMILES string of the molecule is CCn1cc(Nc2cc(Br)ccc2C(N)=S)cn1.